The molecule has 0 fully saturated rings. The highest BCUT2D eigenvalue weighted by molar-refractivity contribution is 7.92. The molecule has 0 saturated carbocycles. The van der Waals surface area contributed by atoms with Gasteiger partial charge in [0.2, 0.25) is 11.8 Å². The molecule has 0 aromatic heterocycles. The Morgan fingerprint density at radius 3 is 1.94 bits per heavy atom. The number of anilines is 1. The SMILES string of the molecule is COc1ccc(N(CC(=O)N(Cc2ccc(C)cc2)C(Cc2ccccc2)C(=O)NC(C)C)S(=O)(=O)c2ccc(C)cc2)cc1OC. The van der Waals surface area contributed by atoms with Crippen molar-refractivity contribution in [3.8, 4) is 11.5 Å². The van der Waals surface area contributed by atoms with E-state index in [0.717, 1.165) is 26.6 Å². The van der Waals surface area contributed by atoms with Crippen LogP contribution >= 0.6 is 0 Å². The maximum atomic E-state index is 14.6. The highest BCUT2D eigenvalue weighted by Crippen LogP contribution is 2.34. The van der Waals surface area contributed by atoms with Gasteiger partial charge in [0.1, 0.15) is 12.6 Å². The number of hydrogen-bond acceptors (Lipinski definition) is 6. The van der Waals surface area contributed by atoms with E-state index >= 15 is 0 Å². The molecule has 0 spiro atoms. The van der Waals surface area contributed by atoms with Gasteiger partial charge < -0.3 is 19.7 Å². The number of ether oxygens (including phenoxy) is 2. The van der Waals surface area contributed by atoms with E-state index < -0.39 is 28.5 Å². The van der Waals surface area contributed by atoms with Crippen LogP contribution in [-0.4, -0.2) is 58.0 Å². The first kappa shape index (κ1) is 35.0. The van der Waals surface area contributed by atoms with E-state index in [1.54, 1.807) is 24.3 Å². The number of nitrogens with zero attached hydrogens (tertiary/aromatic N) is 2. The summed E-state index contributed by atoms with van der Waals surface area (Å²) in [4.78, 5) is 30.0. The maximum absolute atomic E-state index is 14.6. The smallest absolute Gasteiger partial charge is 0.264 e. The molecular weight excluding hydrogens is 614 g/mol. The summed E-state index contributed by atoms with van der Waals surface area (Å²) >= 11 is 0. The monoisotopic (exact) mass is 657 g/mol. The van der Waals surface area contributed by atoms with E-state index in [2.05, 4.69) is 5.32 Å². The first-order valence-electron chi connectivity index (χ1n) is 15.4. The summed E-state index contributed by atoms with van der Waals surface area (Å²) in [7, 11) is -1.32. The molecule has 4 aromatic rings. The van der Waals surface area contributed by atoms with Crippen molar-refractivity contribution in [3.05, 3.63) is 119 Å². The lowest BCUT2D eigenvalue weighted by Gasteiger charge is -2.34. The van der Waals surface area contributed by atoms with Crippen molar-refractivity contribution in [2.45, 2.75) is 57.6 Å². The van der Waals surface area contributed by atoms with Gasteiger partial charge in [-0.15, -0.1) is 0 Å². The normalized spacial score (nSPS) is 11.9. The quantitative estimate of drug-likeness (QED) is 0.187. The number of carbonyl (C=O) groups is 2. The number of nitrogens with one attached hydrogen (secondary N) is 1. The Morgan fingerprint density at radius 1 is 0.766 bits per heavy atom. The minimum Gasteiger partial charge on any atom is -0.493 e. The van der Waals surface area contributed by atoms with Gasteiger partial charge >= 0.3 is 0 Å². The van der Waals surface area contributed by atoms with Gasteiger partial charge in [-0.2, -0.15) is 0 Å². The second-order valence-corrected chi connectivity index (χ2v) is 13.6. The molecule has 9 nitrogen and oxygen atoms in total. The Hall–Kier alpha value is -4.83. The summed E-state index contributed by atoms with van der Waals surface area (Å²) in [5.74, 6) is -0.167. The molecular formula is C37H43N3O6S. The van der Waals surface area contributed by atoms with Crippen LogP contribution < -0.4 is 19.1 Å². The predicted molar refractivity (Wildman–Crippen MR) is 184 cm³/mol. The van der Waals surface area contributed by atoms with Crippen molar-refractivity contribution in [1.82, 2.24) is 10.2 Å². The van der Waals surface area contributed by atoms with Crippen molar-refractivity contribution >= 4 is 27.5 Å². The number of rotatable bonds is 14. The molecule has 0 heterocycles. The first-order valence-corrected chi connectivity index (χ1v) is 16.9. The summed E-state index contributed by atoms with van der Waals surface area (Å²) in [6.07, 6.45) is 0.234. The molecule has 0 aliphatic rings. The van der Waals surface area contributed by atoms with Crippen LogP contribution in [0, 0.1) is 13.8 Å². The lowest BCUT2D eigenvalue weighted by atomic mass is 10.0. The van der Waals surface area contributed by atoms with Gasteiger partial charge in [-0.3, -0.25) is 13.9 Å². The van der Waals surface area contributed by atoms with Gasteiger partial charge in [0.05, 0.1) is 24.8 Å². The van der Waals surface area contributed by atoms with Crippen LogP contribution in [0.1, 0.15) is 36.1 Å². The average molecular weight is 658 g/mol. The van der Waals surface area contributed by atoms with Crippen molar-refractivity contribution in [2.75, 3.05) is 25.1 Å². The van der Waals surface area contributed by atoms with E-state index in [1.807, 2.05) is 82.3 Å². The summed E-state index contributed by atoms with van der Waals surface area (Å²) in [6, 6.07) is 27.2. The largest absolute Gasteiger partial charge is 0.493 e. The number of carbonyl (C=O) groups excluding carboxylic acids is 2. The lowest BCUT2D eigenvalue weighted by molar-refractivity contribution is -0.140. The Kier molecular flexibility index (Phi) is 11.7. The number of hydrogen-bond donors (Lipinski definition) is 1. The van der Waals surface area contributed by atoms with Crippen LogP contribution in [0.3, 0.4) is 0 Å². The third kappa shape index (κ3) is 8.92. The van der Waals surface area contributed by atoms with Crippen LogP contribution in [0.2, 0.25) is 0 Å². The fraction of sp³-hybridized carbons (Fsp3) is 0.297. The van der Waals surface area contributed by atoms with Crippen LogP contribution in [0.4, 0.5) is 5.69 Å². The molecule has 4 aromatic carbocycles. The van der Waals surface area contributed by atoms with Crippen LogP contribution in [0.25, 0.3) is 0 Å². The standard InChI is InChI=1S/C37H43N3O6S/c1-26(2)38-37(42)33(22-29-10-8-7-9-11-29)39(24-30-16-12-27(3)13-17-30)36(41)25-40(31-18-21-34(45-5)35(23-31)46-6)47(43,44)32-19-14-28(4)15-20-32/h7-21,23,26,33H,22,24-25H2,1-6H3,(H,38,42). The molecule has 0 bridgehead atoms. The van der Waals surface area contributed by atoms with Gasteiger partial charge in [-0.05, 0) is 63.1 Å². The minimum atomic E-state index is -4.26. The van der Waals surface area contributed by atoms with Gasteiger partial charge in [-0.25, -0.2) is 8.42 Å². The lowest BCUT2D eigenvalue weighted by Crippen LogP contribution is -2.54. The molecule has 10 heteroatoms. The van der Waals surface area contributed by atoms with Crippen molar-refractivity contribution in [2.24, 2.45) is 0 Å². The van der Waals surface area contributed by atoms with Crippen molar-refractivity contribution in [3.63, 3.8) is 0 Å². The second kappa shape index (κ2) is 15.6. The third-order valence-corrected chi connectivity index (χ3v) is 9.51. The zero-order valence-corrected chi connectivity index (χ0v) is 28.6. The molecule has 2 amide bonds. The molecule has 0 aliphatic heterocycles. The molecule has 1 unspecified atom stereocenters. The fourth-order valence-corrected chi connectivity index (χ4v) is 6.58. The second-order valence-electron chi connectivity index (χ2n) is 11.7. The molecule has 0 saturated heterocycles. The van der Waals surface area contributed by atoms with E-state index in [4.69, 9.17) is 9.47 Å². The van der Waals surface area contributed by atoms with Crippen LogP contribution in [0.5, 0.6) is 11.5 Å². The number of benzene rings is 4. The van der Waals surface area contributed by atoms with Crippen molar-refractivity contribution in [1.29, 1.82) is 0 Å². The molecule has 0 aliphatic carbocycles. The zero-order chi connectivity index (χ0) is 34.1. The number of amides is 2. The van der Waals surface area contributed by atoms with Crippen LogP contribution in [-0.2, 0) is 32.6 Å². The zero-order valence-electron chi connectivity index (χ0n) is 27.8. The van der Waals surface area contributed by atoms with Gasteiger partial charge in [0.25, 0.3) is 10.0 Å². The van der Waals surface area contributed by atoms with Crippen LogP contribution in [0.15, 0.2) is 102 Å². The topological polar surface area (TPSA) is 105 Å². The first-order chi connectivity index (χ1) is 22.4. The number of aryl methyl sites for hydroxylation is 2. The third-order valence-electron chi connectivity index (χ3n) is 7.72. The average Bonchev–Trinajstić information content (AvgIpc) is 3.05. The predicted octanol–water partition coefficient (Wildman–Crippen LogP) is 5.68. The molecule has 1 N–H and O–H groups in total. The maximum Gasteiger partial charge on any atom is 0.264 e. The summed E-state index contributed by atoms with van der Waals surface area (Å²) < 4.78 is 40.5. The summed E-state index contributed by atoms with van der Waals surface area (Å²) in [5.41, 5.74) is 3.81. The van der Waals surface area contributed by atoms with E-state index in [0.29, 0.717) is 11.5 Å². The Balaban J connectivity index is 1.84. The van der Waals surface area contributed by atoms with Gasteiger partial charge in [-0.1, -0.05) is 77.9 Å². The molecule has 47 heavy (non-hydrogen) atoms. The Morgan fingerprint density at radius 2 is 1.36 bits per heavy atom. The highest BCUT2D eigenvalue weighted by atomic mass is 32.2. The molecule has 0 radical (unpaired) electrons. The molecule has 1 atom stereocenters. The van der Waals surface area contributed by atoms with Gasteiger partial charge in [0, 0.05) is 25.1 Å². The summed E-state index contributed by atoms with van der Waals surface area (Å²) in [5, 5.41) is 2.97. The number of methoxy groups -OCH3 is 2. The van der Waals surface area contributed by atoms with E-state index in [1.165, 1.54) is 37.3 Å². The van der Waals surface area contributed by atoms with E-state index in [9.17, 15) is 18.0 Å². The Labute approximate surface area is 278 Å². The summed E-state index contributed by atoms with van der Waals surface area (Å²) in [6.45, 7) is 7.07. The highest BCUT2D eigenvalue weighted by Gasteiger charge is 2.35. The number of sulfonamides is 1. The van der Waals surface area contributed by atoms with E-state index in [-0.39, 0.29) is 35.5 Å². The van der Waals surface area contributed by atoms with Gasteiger partial charge in [0.15, 0.2) is 11.5 Å². The van der Waals surface area contributed by atoms with Crippen molar-refractivity contribution < 1.29 is 27.5 Å². The molecule has 248 valence electrons. The minimum absolute atomic E-state index is 0.0224. The molecule has 4 rings (SSSR count). The Bertz CT molecular complexity index is 1760. The fourth-order valence-electron chi connectivity index (χ4n) is 5.17.